The quantitative estimate of drug-likeness (QED) is 0.130. The van der Waals surface area contributed by atoms with E-state index in [0.717, 1.165) is 12.8 Å². The van der Waals surface area contributed by atoms with Gasteiger partial charge >= 0.3 is 23.4 Å². The zero-order chi connectivity index (χ0) is 38.6. The Bertz CT molecular complexity index is 1710. The number of nitrogens with one attached hydrogen (secondary N) is 8. The van der Waals surface area contributed by atoms with Crippen LogP contribution >= 0.6 is 7.82 Å². The van der Waals surface area contributed by atoms with Gasteiger partial charge in [-0.25, -0.2) is 4.57 Å². The summed E-state index contributed by atoms with van der Waals surface area (Å²) < 4.78 is 33.8. The summed E-state index contributed by atoms with van der Waals surface area (Å²) in [5, 5.41) is 34.0. The van der Waals surface area contributed by atoms with Crippen molar-refractivity contribution in [3.8, 4) is 11.5 Å². The Kier molecular flexibility index (Phi) is 11.5. The molecule has 17 unspecified atom stereocenters. The maximum Gasteiger partial charge on any atom is 0.558 e. The Morgan fingerprint density at radius 1 is 0.414 bits per heavy atom. The van der Waals surface area contributed by atoms with Gasteiger partial charge in [-0.15, -0.1) is 0 Å². The number of phosphoric ester groups is 1. The summed E-state index contributed by atoms with van der Waals surface area (Å²) in [4.78, 5) is 0. The first-order valence-electron chi connectivity index (χ1n) is 23.4. The van der Waals surface area contributed by atoms with Gasteiger partial charge in [0.25, 0.3) is 0 Å². The van der Waals surface area contributed by atoms with E-state index in [0.29, 0.717) is 82.1 Å². The van der Waals surface area contributed by atoms with Crippen molar-refractivity contribution < 1.29 is 17.2 Å². The number of hydrogen-bond donors (Lipinski definition) is 8. The van der Waals surface area contributed by atoms with Gasteiger partial charge in [0.2, 0.25) is 0 Å². The molecule has 314 valence electrons. The van der Waals surface area contributed by atoms with Gasteiger partial charge in [0.05, 0.1) is 49.3 Å². The topological polar surface area (TPSA) is 141 Å². The fourth-order valence-corrected chi connectivity index (χ4v) is 17.9. The van der Waals surface area contributed by atoms with Crippen LogP contribution in [0.2, 0.25) is 4.78 Å². The lowest BCUT2D eigenvalue weighted by Crippen LogP contribution is -2.61. The molecule has 8 N–H and O–H groups in total. The summed E-state index contributed by atoms with van der Waals surface area (Å²) in [6.45, 7) is 0. The third kappa shape index (κ3) is 7.77. The molecule has 9 aliphatic rings. The van der Waals surface area contributed by atoms with Crippen molar-refractivity contribution in [2.24, 2.45) is 47.3 Å². The SMILES string of the molecule is O=P([O][AlH][CH]1CCCC2C3NC4NC(NC5NC(NC6NC(NC(N3)C12)C1CCCCC61)C1CCCCC51)C1CCCCC41)(Oc1ccccc1)Oc1ccccc1. The molecular formula is C44H66AlN8O4P. The highest BCUT2D eigenvalue weighted by molar-refractivity contribution is 7.50. The maximum atomic E-state index is 14.6. The zero-order valence-electron chi connectivity index (χ0n) is 34.0. The van der Waals surface area contributed by atoms with Crippen molar-refractivity contribution in [3.63, 3.8) is 0 Å². The highest BCUT2D eigenvalue weighted by atomic mass is 31.2. The summed E-state index contributed by atoms with van der Waals surface area (Å²) in [5.41, 5.74) is 0. The van der Waals surface area contributed by atoms with E-state index in [-0.39, 0.29) is 30.8 Å². The maximum absolute atomic E-state index is 14.6. The zero-order valence-corrected chi connectivity index (χ0v) is 36.3. The molecule has 4 saturated carbocycles. The molecule has 0 spiro atoms. The average molecular weight is 829 g/mol. The standard InChI is InChI=1S/C32H55N8.C12H11O4P.Al.H/c1-2-10-18-17(9-1)25-33-26(18)38-28-21-13-5-6-14-22(21)30(35-28)40-32-24-16-8-7-15-23(24)31(36-32)39-29-20-12-4-3-11-19(20)27(34-29)37-25;13-17(14,15-11-7-3-1-4-8-11)16-12-9-5-2-6-10-12;;/h9,17-40H,1-8,10-16H2;1-10H,(H,13,14);;/q;;+1;/p-1. The van der Waals surface area contributed by atoms with E-state index in [9.17, 15) is 4.57 Å². The van der Waals surface area contributed by atoms with Crippen LogP contribution in [0.1, 0.15) is 96.3 Å². The second kappa shape index (κ2) is 17.0. The minimum absolute atomic E-state index is 0.106. The van der Waals surface area contributed by atoms with Crippen LogP contribution in [0.3, 0.4) is 0 Å². The van der Waals surface area contributed by atoms with Crippen molar-refractivity contribution in [3.05, 3.63) is 60.7 Å². The van der Waals surface area contributed by atoms with Gasteiger partial charge in [0, 0.05) is 0 Å². The smallest absolute Gasteiger partial charge is 0.400 e. The second-order valence-corrected chi connectivity index (χ2v) is 23.1. The molecular weight excluding hydrogens is 762 g/mol. The van der Waals surface area contributed by atoms with Crippen molar-refractivity contribution >= 4 is 23.4 Å². The number of fused-ring (bicyclic) bond motifs is 20. The predicted octanol–water partition coefficient (Wildman–Crippen LogP) is 5.64. The van der Waals surface area contributed by atoms with E-state index >= 15 is 0 Å². The van der Waals surface area contributed by atoms with E-state index in [1.165, 1.54) is 83.5 Å². The molecule has 17 atom stereocenters. The number of phosphoric acid groups is 1. The van der Waals surface area contributed by atoms with E-state index in [2.05, 4.69) is 42.5 Å². The predicted molar refractivity (Wildman–Crippen MR) is 226 cm³/mol. The van der Waals surface area contributed by atoms with Crippen LogP contribution in [-0.4, -0.2) is 64.9 Å². The Balaban J connectivity index is 0.897. The molecule has 58 heavy (non-hydrogen) atoms. The van der Waals surface area contributed by atoms with Crippen LogP contribution in [0.15, 0.2) is 60.7 Å². The number of rotatable bonds is 7. The second-order valence-electron chi connectivity index (χ2n) is 19.5. The van der Waals surface area contributed by atoms with Gasteiger partial charge in [0.15, 0.2) is 0 Å². The van der Waals surface area contributed by atoms with Crippen molar-refractivity contribution in [2.45, 2.75) is 150 Å². The summed E-state index contributed by atoms with van der Waals surface area (Å²) in [7, 11) is -3.97. The molecule has 5 heterocycles. The van der Waals surface area contributed by atoms with Gasteiger partial charge < -0.3 is 12.6 Å². The summed E-state index contributed by atoms with van der Waals surface area (Å²) in [6.07, 6.45) is 21.1. The Morgan fingerprint density at radius 2 is 0.741 bits per heavy atom. The summed E-state index contributed by atoms with van der Waals surface area (Å²) in [5.74, 6) is 5.53. The molecule has 0 amide bonds. The first-order chi connectivity index (χ1) is 28.5. The lowest BCUT2D eigenvalue weighted by atomic mass is 9.76. The lowest BCUT2D eigenvalue weighted by molar-refractivity contribution is 0.166. The Morgan fingerprint density at radius 3 is 1.12 bits per heavy atom. The lowest BCUT2D eigenvalue weighted by Gasteiger charge is -2.39. The van der Waals surface area contributed by atoms with E-state index in [1.807, 2.05) is 60.7 Å². The minimum Gasteiger partial charge on any atom is -0.400 e. The van der Waals surface area contributed by atoms with Gasteiger partial charge in [-0.05, 0) is 117 Å². The third-order valence-electron chi connectivity index (χ3n) is 16.4. The molecule has 2 aromatic carbocycles. The number of para-hydroxylation sites is 2. The van der Waals surface area contributed by atoms with Crippen LogP contribution in [0, 0.1) is 47.3 Å². The molecule has 0 radical (unpaired) electrons. The fourth-order valence-electron chi connectivity index (χ4n) is 13.9. The molecule has 4 aliphatic carbocycles. The monoisotopic (exact) mass is 828 g/mol. The number of benzene rings is 2. The van der Waals surface area contributed by atoms with Gasteiger partial charge in [-0.3, -0.25) is 42.5 Å². The molecule has 11 rings (SSSR count). The normalized spacial score (nSPS) is 44.7. The van der Waals surface area contributed by atoms with Crippen molar-refractivity contribution in [1.82, 2.24) is 42.5 Å². The van der Waals surface area contributed by atoms with Crippen LogP contribution in [0.25, 0.3) is 0 Å². The molecule has 2 aromatic rings. The van der Waals surface area contributed by atoms with Crippen LogP contribution in [0.5, 0.6) is 11.5 Å². The molecule has 8 bridgehead atoms. The van der Waals surface area contributed by atoms with Crippen LogP contribution in [0.4, 0.5) is 0 Å². The highest BCUT2D eigenvalue weighted by Crippen LogP contribution is 2.53. The number of hydrogen-bond acceptors (Lipinski definition) is 12. The molecule has 0 aromatic heterocycles. The van der Waals surface area contributed by atoms with E-state index in [1.54, 1.807) is 0 Å². The van der Waals surface area contributed by atoms with Crippen molar-refractivity contribution in [1.29, 1.82) is 0 Å². The van der Waals surface area contributed by atoms with E-state index in [4.69, 9.17) is 12.6 Å². The Labute approximate surface area is 351 Å². The van der Waals surface area contributed by atoms with E-state index < -0.39 is 23.4 Å². The fraction of sp³-hybridized carbons (Fsp3) is 0.727. The molecule has 12 nitrogen and oxygen atoms in total. The van der Waals surface area contributed by atoms with Gasteiger partial charge in [-0.2, -0.15) is 0 Å². The minimum atomic E-state index is -3.97. The average Bonchev–Trinajstić information content (AvgIpc) is 4.00. The van der Waals surface area contributed by atoms with Crippen molar-refractivity contribution in [2.75, 3.05) is 0 Å². The van der Waals surface area contributed by atoms with Crippen LogP contribution < -0.4 is 51.6 Å². The van der Waals surface area contributed by atoms with Gasteiger partial charge in [-0.1, -0.05) is 92.5 Å². The first-order valence-corrected chi connectivity index (χ1v) is 26.2. The molecule has 14 heteroatoms. The summed E-state index contributed by atoms with van der Waals surface area (Å²) >= 11 is -1.40. The third-order valence-corrected chi connectivity index (χ3v) is 20.5. The van der Waals surface area contributed by atoms with Crippen LogP contribution in [-0.2, 0) is 8.14 Å². The molecule has 5 aliphatic heterocycles. The molecule has 5 saturated heterocycles. The Hall–Kier alpha value is -1.56. The largest absolute Gasteiger partial charge is 0.558 e. The molecule has 9 fully saturated rings. The highest BCUT2D eigenvalue weighted by Gasteiger charge is 2.56. The first kappa shape index (κ1) is 39.3. The summed E-state index contributed by atoms with van der Waals surface area (Å²) in [6, 6.07) is 18.7. The van der Waals surface area contributed by atoms with Gasteiger partial charge in [0.1, 0.15) is 11.5 Å².